The second-order valence-electron chi connectivity index (χ2n) is 5.33. The van der Waals surface area contributed by atoms with Crippen molar-refractivity contribution in [2.75, 3.05) is 6.54 Å². The predicted octanol–water partition coefficient (Wildman–Crippen LogP) is 2.50. The van der Waals surface area contributed by atoms with Crippen LogP contribution < -0.4 is 0 Å². The molecular weight excluding hydrogens is 202 g/mol. The van der Waals surface area contributed by atoms with Crippen molar-refractivity contribution in [3.8, 4) is 0 Å². The number of nitrogens with zero attached hydrogens (tertiary/aromatic N) is 1. The molecule has 2 aliphatic rings. The van der Waals surface area contributed by atoms with Gasteiger partial charge in [-0.1, -0.05) is 26.2 Å². The Morgan fingerprint density at radius 3 is 2.81 bits per heavy atom. The number of hydrogen-bond donors (Lipinski definition) is 1. The highest BCUT2D eigenvalue weighted by Gasteiger charge is 2.36. The molecule has 2 rings (SSSR count). The van der Waals surface area contributed by atoms with Crippen LogP contribution in [0.2, 0.25) is 0 Å². The van der Waals surface area contributed by atoms with Gasteiger partial charge in [0.15, 0.2) is 0 Å². The van der Waals surface area contributed by atoms with Crippen LogP contribution in [0, 0.1) is 5.92 Å². The van der Waals surface area contributed by atoms with Gasteiger partial charge < -0.3 is 5.11 Å². The fourth-order valence-electron chi connectivity index (χ4n) is 3.43. The average molecular weight is 225 g/mol. The van der Waals surface area contributed by atoms with Gasteiger partial charge >= 0.3 is 5.97 Å². The number of carbonyl (C=O) groups is 1. The number of hydrogen-bond acceptors (Lipinski definition) is 2. The normalized spacial score (nSPS) is 36.4. The van der Waals surface area contributed by atoms with Crippen molar-refractivity contribution in [1.29, 1.82) is 0 Å². The van der Waals surface area contributed by atoms with E-state index in [0.29, 0.717) is 6.04 Å². The zero-order valence-electron chi connectivity index (χ0n) is 10.2. The van der Waals surface area contributed by atoms with E-state index >= 15 is 0 Å². The predicted molar refractivity (Wildman–Crippen MR) is 63.4 cm³/mol. The molecule has 0 radical (unpaired) electrons. The number of carboxylic acids is 1. The van der Waals surface area contributed by atoms with Crippen LogP contribution in [0.15, 0.2) is 0 Å². The lowest BCUT2D eigenvalue weighted by Gasteiger charge is -2.37. The molecule has 3 nitrogen and oxygen atoms in total. The van der Waals surface area contributed by atoms with Crippen molar-refractivity contribution in [2.24, 2.45) is 5.92 Å². The maximum absolute atomic E-state index is 11.2. The Balaban J connectivity index is 1.97. The van der Waals surface area contributed by atoms with E-state index in [4.69, 9.17) is 0 Å². The minimum absolute atomic E-state index is 0.194. The Bertz CT molecular complexity index is 254. The first-order valence-corrected chi connectivity index (χ1v) is 6.71. The molecule has 1 aliphatic carbocycles. The molecule has 0 amide bonds. The molecule has 3 unspecified atom stereocenters. The maximum Gasteiger partial charge on any atom is 0.320 e. The molecule has 3 atom stereocenters. The Morgan fingerprint density at radius 2 is 2.12 bits per heavy atom. The summed E-state index contributed by atoms with van der Waals surface area (Å²) in [5.41, 5.74) is 0. The number of carboxylic acid groups (broad SMARTS) is 1. The summed E-state index contributed by atoms with van der Waals surface area (Å²) >= 11 is 0. The van der Waals surface area contributed by atoms with Gasteiger partial charge in [-0.15, -0.1) is 0 Å². The van der Waals surface area contributed by atoms with E-state index in [1.165, 1.54) is 32.1 Å². The highest BCUT2D eigenvalue weighted by atomic mass is 16.4. The van der Waals surface area contributed by atoms with E-state index in [0.717, 1.165) is 25.3 Å². The van der Waals surface area contributed by atoms with Crippen LogP contribution in [0.1, 0.15) is 51.9 Å². The minimum atomic E-state index is -0.615. The fourth-order valence-corrected chi connectivity index (χ4v) is 3.43. The zero-order chi connectivity index (χ0) is 11.5. The molecule has 16 heavy (non-hydrogen) atoms. The third-order valence-electron chi connectivity index (χ3n) is 4.38. The molecule has 92 valence electrons. The Kier molecular flexibility index (Phi) is 3.85. The highest BCUT2D eigenvalue weighted by molar-refractivity contribution is 5.73. The summed E-state index contributed by atoms with van der Waals surface area (Å²) < 4.78 is 0. The van der Waals surface area contributed by atoms with Gasteiger partial charge in [-0.25, -0.2) is 0 Å². The molecule has 3 heteroatoms. The molecular formula is C13H23NO2. The molecule has 2 fully saturated rings. The molecule has 0 bridgehead atoms. The van der Waals surface area contributed by atoms with E-state index < -0.39 is 5.97 Å². The van der Waals surface area contributed by atoms with Gasteiger partial charge in [0, 0.05) is 6.04 Å². The second kappa shape index (κ2) is 5.17. The second-order valence-corrected chi connectivity index (χ2v) is 5.33. The van der Waals surface area contributed by atoms with E-state index in [-0.39, 0.29) is 6.04 Å². The molecule has 1 saturated carbocycles. The van der Waals surface area contributed by atoms with Crippen molar-refractivity contribution >= 4 is 5.97 Å². The number of rotatable bonds is 3. The van der Waals surface area contributed by atoms with E-state index in [2.05, 4.69) is 11.8 Å². The minimum Gasteiger partial charge on any atom is -0.480 e. The summed E-state index contributed by atoms with van der Waals surface area (Å²) in [4.78, 5) is 13.4. The smallest absolute Gasteiger partial charge is 0.320 e. The first-order valence-electron chi connectivity index (χ1n) is 6.71. The van der Waals surface area contributed by atoms with Gasteiger partial charge in [0.05, 0.1) is 0 Å². The summed E-state index contributed by atoms with van der Waals surface area (Å²) in [7, 11) is 0. The van der Waals surface area contributed by atoms with Crippen LogP contribution in [-0.2, 0) is 4.79 Å². The lowest BCUT2D eigenvalue weighted by Crippen LogP contribution is -2.45. The van der Waals surface area contributed by atoms with Crippen LogP contribution in [0.3, 0.4) is 0 Å². The first kappa shape index (κ1) is 11.9. The van der Waals surface area contributed by atoms with Gasteiger partial charge in [-0.05, 0) is 38.1 Å². The van der Waals surface area contributed by atoms with Crippen LogP contribution in [0.4, 0.5) is 0 Å². The summed E-state index contributed by atoms with van der Waals surface area (Å²) in [6.07, 6.45) is 8.22. The van der Waals surface area contributed by atoms with E-state index in [9.17, 15) is 9.90 Å². The first-order chi connectivity index (χ1) is 7.72. The van der Waals surface area contributed by atoms with Crippen LogP contribution >= 0.6 is 0 Å². The largest absolute Gasteiger partial charge is 0.480 e. The molecule has 1 heterocycles. The highest BCUT2D eigenvalue weighted by Crippen LogP contribution is 2.33. The van der Waals surface area contributed by atoms with Gasteiger partial charge in [0.1, 0.15) is 6.04 Å². The zero-order valence-corrected chi connectivity index (χ0v) is 10.2. The molecule has 0 aromatic heterocycles. The molecule has 1 N–H and O–H groups in total. The molecule has 1 aliphatic heterocycles. The molecule has 0 spiro atoms. The van der Waals surface area contributed by atoms with Gasteiger partial charge in [0.25, 0.3) is 0 Å². The van der Waals surface area contributed by atoms with Crippen molar-refractivity contribution in [3.63, 3.8) is 0 Å². The fraction of sp³-hybridized carbons (Fsp3) is 0.923. The summed E-state index contributed by atoms with van der Waals surface area (Å²) in [5.74, 6) is 0.213. The van der Waals surface area contributed by atoms with E-state index in [1.807, 2.05) is 0 Å². The lowest BCUT2D eigenvalue weighted by atomic mass is 9.83. The average Bonchev–Trinajstić information content (AvgIpc) is 2.78. The maximum atomic E-state index is 11.2. The monoisotopic (exact) mass is 225 g/mol. The molecule has 0 aromatic rings. The van der Waals surface area contributed by atoms with Crippen LogP contribution in [0.25, 0.3) is 0 Å². The van der Waals surface area contributed by atoms with E-state index in [1.54, 1.807) is 0 Å². The summed E-state index contributed by atoms with van der Waals surface area (Å²) in [6.45, 7) is 3.25. The van der Waals surface area contributed by atoms with Gasteiger partial charge in [-0.3, -0.25) is 9.69 Å². The Hall–Kier alpha value is -0.570. The third-order valence-corrected chi connectivity index (χ3v) is 4.38. The SMILES string of the molecule is CCC1CCCC(N2CCCC2C(=O)O)C1. The molecule has 0 aromatic carbocycles. The third kappa shape index (κ3) is 2.40. The lowest BCUT2D eigenvalue weighted by molar-refractivity contribution is -0.143. The standard InChI is InChI=1S/C13H23NO2/c1-2-10-5-3-6-11(9-10)14-8-4-7-12(14)13(15)16/h10-12H,2-9H2,1H3,(H,15,16). The topological polar surface area (TPSA) is 40.5 Å². The summed E-state index contributed by atoms with van der Waals surface area (Å²) in [6, 6.07) is 0.350. The van der Waals surface area contributed by atoms with Crippen LogP contribution in [0.5, 0.6) is 0 Å². The van der Waals surface area contributed by atoms with Gasteiger partial charge in [0.2, 0.25) is 0 Å². The number of likely N-dealkylation sites (tertiary alicyclic amines) is 1. The van der Waals surface area contributed by atoms with Gasteiger partial charge in [-0.2, -0.15) is 0 Å². The van der Waals surface area contributed by atoms with Crippen molar-refractivity contribution < 1.29 is 9.90 Å². The summed E-state index contributed by atoms with van der Waals surface area (Å²) in [5, 5.41) is 9.20. The van der Waals surface area contributed by atoms with Crippen molar-refractivity contribution in [3.05, 3.63) is 0 Å². The Labute approximate surface area is 97.8 Å². The van der Waals surface area contributed by atoms with Crippen molar-refractivity contribution in [1.82, 2.24) is 4.90 Å². The number of aliphatic carboxylic acids is 1. The van der Waals surface area contributed by atoms with Crippen LogP contribution in [-0.4, -0.2) is 34.6 Å². The quantitative estimate of drug-likeness (QED) is 0.802. The molecule has 1 saturated heterocycles. The van der Waals surface area contributed by atoms with Crippen molar-refractivity contribution in [2.45, 2.75) is 64.0 Å². The Morgan fingerprint density at radius 1 is 1.31 bits per heavy atom.